The van der Waals surface area contributed by atoms with Crippen LogP contribution in [-0.2, 0) is 0 Å². The van der Waals surface area contributed by atoms with Crippen LogP contribution < -0.4 is 0 Å². The predicted octanol–water partition coefficient (Wildman–Crippen LogP) is 6.90. The van der Waals surface area contributed by atoms with Crippen LogP contribution in [0.25, 0.3) is 0 Å². The van der Waals surface area contributed by atoms with E-state index in [1.165, 1.54) is 61.1 Å². The average molecular weight is 352 g/mol. The van der Waals surface area contributed by atoms with Crippen molar-refractivity contribution in [1.82, 2.24) is 0 Å². The molecule has 1 aromatic rings. The molecule has 0 heterocycles. The van der Waals surface area contributed by atoms with Gasteiger partial charge in [-0.3, -0.25) is 0 Å². The third-order valence-corrected chi connectivity index (χ3v) is 7.40. The van der Waals surface area contributed by atoms with Crippen molar-refractivity contribution in [3.05, 3.63) is 30.1 Å². The highest BCUT2D eigenvalue weighted by Gasteiger charge is 2.17. The quantitative estimate of drug-likeness (QED) is 0.308. The Morgan fingerprint density at radius 2 is 1.78 bits per heavy atom. The van der Waals surface area contributed by atoms with Crippen LogP contribution in [0.15, 0.2) is 29.3 Å². The van der Waals surface area contributed by atoms with Gasteiger partial charge in [0, 0.05) is 13.8 Å². The second kappa shape index (κ2) is 9.02. The van der Waals surface area contributed by atoms with Crippen LogP contribution in [0.3, 0.4) is 0 Å². The molecule has 0 unspecified atom stereocenters. The summed E-state index contributed by atoms with van der Waals surface area (Å²) in [6, 6.07) is 7.84. The molecule has 1 aliphatic rings. The molecule has 0 spiro atoms. The van der Waals surface area contributed by atoms with E-state index in [0.717, 1.165) is 18.0 Å². The minimum atomic E-state index is -1.07. The SMILES string of the molecule is C[Si](C)(C)CCC(=Nc1ccc(F)cc1)SCC1CCCCC1. The number of aliphatic imine (C=N–C) groups is 1. The number of halogens is 1. The van der Waals surface area contributed by atoms with Crippen molar-refractivity contribution in [2.75, 3.05) is 5.75 Å². The van der Waals surface area contributed by atoms with Gasteiger partial charge >= 0.3 is 0 Å². The molecule has 0 radical (unpaired) electrons. The van der Waals surface area contributed by atoms with Crippen molar-refractivity contribution >= 4 is 30.6 Å². The van der Waals surface area contributed by atoms with Gasteiger partial charge in [-0.15, -0.1) is 11.8 Å². The first kappa shape index (κ1) is 18.7. The molecule has 0 saturated heterocycles. The summed E-state index contributed by atoms with van der Waals surface area (Å²) in [5, 5.41) is 1.24. The summed E-state index contributed by atoms with van der Waals surface area (Å²) in [7, 11) is -1.07. The van der Waals surface area contributed by atoms with Crippen LogP contribution in [0.1, 0.15) is 38.5 Å². The van der Waals surface area contributed by atoms with E-state index in [4.69, 9.17) is 4.99 Å². The topological polar surface area (TPSA) is 12.4 Å². The first-order chi connectivity index (χ1) is 10.9. The smallest absolute Gasteiger partial charge is 0.123 e. The Labute approximate surface area is 146 Å². The Kier molecular flexibility index (Phi) is 7.34. The van der Waals surface area contributed by atoms with Crippen molar-refractivity contribution < 1.29 is 4.39 Å². The zero-order valence-corrected chi connectivity index (χ0v) is 16.6. The van der Waals surface area contributed by atoms with E-state index in [0.29, 0.717) is 0 Å². The van der Waals surface area contributed by atoms with E-state index in [1.807, 2.05) is 11.8 Å². The zero-order valence-electron chi connectivity index (χ0n) is 14.8. The molecule has 1 nitrogen and oxygen atoms in total. The fraction of sp³-hybridized carbons (Fsp3) is 0.632. The molecule has 1 aliphatic carbocycles. The Bertz CT molecular complexity index is 501. The first-order valence-electron chi connectivity index (χ1n) is 8.88. The van der Waals surface area contributed by atoms with E-state index in [9.17, 15) is 4.39 Å². The van der Waals surface area contributed by atoms with Gasteiger partial charge in [0.1, 0.15) is 5.82 Å². The Balaban J connectivity index is 1.99. The first-order valence-corrected chi connectivity index (χ1v) is 13.6. The minimum absolute atomic E-state index is 0.192. The molecule has 0 bridgehead atoms. The number of rotatable bonds is 6. The van der Waals surface area contributed by atoms with Gasteiger partial charge in [-0.2, -0.15) is 0 Å². The third-order valence-electron chi connectivity index (χ3n) is 4.38. The molecule has 23 heavy (non-hydrogen) atoms. The molecule has 1 aromatic carbocycles. The number of hydrogen-bond donors (Lipinski definition) is 0. The van der Waals surface area contributed by atoms with Crippen molar-refractivity contribution in [3.8, 4) is 0 Å². The van der Waals surface area contributed by atoms with E-state index in [2.05, 4.69) is 19.6 Å². The monoisotopic (exact) mass is 351 g/mol. The van der Waals surface area contributed by atoms with Crippen molar-refractivity contribution in [2.45, 2.75) is 64.2 Å². The maximum absolute atomic E-state index is 13.1. The second-order valence-electron chi connectivity index (χ2n) is 7.86. The second-order valence-corrected chi connectivity index (χ2v) is 14.6. The molecule has 0 atom stereocenters. The van der Waals surface area contributed by atoms with Gasteiger partial charge in [0.2, 0.25) is 0 Å². The Morgan fingerprint density at radius 3 is 2.39 bits per heavy atom. The lowest BCUT2D eigenvalue weighted by Crippen LogP contribution is -2.20. The van der Waals surface area contributed by atoms with Crippen LogP contribution in [-0.4, -0.2) is 18.9 Å². The fourth-order valence-electron chi connectivity index (χ4n) is 2.87. The highest BCUT2D eigenvalue weighted by molar-refractivity contribution is 8.13. The molecular weight excluding hydrogens is 321 g/mol. The van der Waals surface area contributed by atoms with E-state index >= 15 is 0 Å². The van der Waals surface area contributed by atoms with Crippen molar-refractivity contribution in [1.29, 1.82) is 0 Å². The van der Waals surface area contributed by atoms with Crippen LogP contribution in [0.2, 0.25) is 25.7 Å². The van der Waals surface area contributed by atoms with Gasteiger partial charge in [0.25, 0.3) is 0 Å². The molecule has 128 valence electrons. The largest absolute Gasteiger partial charge is 0.247 e. The standard InChI is InChI=1S/C19H30FNSSi/c1-23(2,3)14-13-19(21-18-11-9-17(20)10-12-18)22-15-16-7-5-4-6-8-16/h9-12,16H,4-8,13-15H2,1-3H3. The van der Waals surface area contributed by atoms with E-state index < -0.39 is 8.07 Å². The van der Waals surface area contributed by atoms with Gasteiger partial charge in [0.05, 0.1) is 10.7 Å². The van der Waals surface area contributed by atoms with Gasteiger partial charge in [-0.1, -0.05) is 44.9 Å². The number of hydrogen-bond acceptors (Lipinski definition) is 2. The van der Waals surface area contributed by atoms with E-state index in [1.54, 1.807) is 12.1 Å². The molecule has 0 aromatic heterocycles. The summed E-state index contributed by atoms with van der Waals surface area (Å²) in [5.74, 6) is 1.87. The third kappa shape index (κ3) is 7.66. The van der Waals surface area contributed by atoms with Crippen molar-refractivity contribution in [2.24, 2.45) is 10.9 Å². The van der Waals surface area contributed by atoms with Crippen LogP contribution >= 0.6 is 11.8 Å². The number of nitrogens with zero attached hydrogens (tertiary/aromatic N) is 1. The van der Waals surface area contributed by atoms with Crippen LogP contribution in [0.5, 0.6) is 0 Å². The molecular formula is C19H30FNSSi. The highest BCUT2D eigenvalue weighted by atomic mass is 32.2. The fourth-order valence-corrected chi connectivity index (χ4v) is 5.22. The molecule has 0 N–H and O–H groups in total. The van der Waals surface area contributed by atoms with Gasteiger partial charge in [-0.25, -0.2) is 9.38 Å². The summed E-state index contributed by atoms with van der Waals surface area (Å²) in [4.78, 5) is 4.82. The molecule has 4 heteroatoms. The summed E-state index contributed by atoms with van der Waals surface area (Å²) >= 11 is 1.95. The zero-order chi connectivity index (χ0) is 16.7. The highest BCUT2D eigenvalue weighted by Crippen LogP contribution is 2.29. The maximum Gasteiger partial charge on any atom is 0.123 e. The van der Waals surface area contributed by atoms with Gasteiger partial charge in [0.15, 0.2) is 0 Å². The lowest BCUT2D eigenvalue weighted by Gasteiger charge is -2.22. The van der Waals surface area contributed by atoms with Crippen LogP contribution in [0.4, 0.5) is 10.1 Å². The maximum atomic E-state index is 13.1. The summed E-state index contributed by atoms with van der Waals surface area (Å²) in [6.07, 6.45) is 8.03. The Morgan fingerprint density at radius 1 is 1.13 bits per heavy atom. The van der Waals surface area contributed by atoms with Crippen molar-refractivity contribution in [3.63, 3.8) is 0 Å². The molecule has 0 aliphatic heterocycles. The molecule has 0 amide bonds. The predicted molar refractivity (Wildman–Crippen MR) is 105 cm³/mol. The minimum Gasteiger partial charge on any atom is -0.247 e. The van der Waals surface area contributed by atoms with E-state index in [-0.39, 0.29) is 5.82 Å². The lowest BCUT2D eigenvalue weighted by atomic mass is 9.91. The molecule has 1 fully saturated rings. The number of benzene rings is 1. The summed E-state index contributed by atoms with van der Waals surface area (Å²) < 4.78 is 13.1. The normalized spacial score (nSPS) is 17.5. The van der Waals surface area contributed by atoms with Gasteiger partial charge in [-0.05, 0) is 49.4 Å². The summed E-state index contributed by atoms with van der Waals surface area (Å²) in [6.45, 7) is 7.23. The Hall–Kier alpha value is -0.613. The average Bonchev–Trinajstić information content (AvgIpc) is 2.52. The molecule has 2 rings (SSSR count). The number of thioether (sulfide) groups is 1. The van der Waals surface area contributed by atoms with Crippen LogP contribution in [0, 0.1) is 11.7 Å². The lowest BCUT2D eigenvalue weighted by molar-refractivity contribution is 0.391. The van der Waals surface area contributed by atoms with Gasteiger partial charge < -0.3 is 0 Å². The summed E-state index contributed by atoms with van der Waals surface area (Å²) in [5.41, 5.74) is 0.883. The molecule has 1 saturated carbocycles.